The Bertz CT molecular complexity index is 1100. The lowest BCUT2D eigenvalue weighted by Crippen LogP contribution is -2.47. The maximum absolute atomic E-state index is 13.8. The molecule has 158 valence electrons. The lowest BCUT2D eigenvalue weighted by Gasteiger charge is -2.36. The van der Waals surface area contributed by atoms with Gasteiger partial charge in [0.25, 0.3) is 5.91 Å². The third kappa shape index (κ3) is 4.45. The molecule has 1 fully saturated rings. The number of carboxylic acid groups (broad SMARTS) is 1. The van der Waals surface area contributed by atoms with E-state index in [2.05, 4.69) is 15.3 Å². The maximum atomic E-state index is 13.8. The summed E-state index contributed by atoms with van der Waals surface area (Å²) in [6, 6.07) is 12.0. The molecule has 0 bridgehead atoms. The minimum atomic E-state index is -1.11. The Morgan fingerprint density at radius 3 is 2.26 bits per heavy atom. The normalized spacial score (nSPS) is 13.7. The molecule has 2 N–H and O–H groups in total. The summed E-state index contributed by atoms with van der Waals surface area (Å²) in [5.41, 5.74) is 0.800. The largest absolute Gasteiger partial charge is 0.478 e. The highest BCUT2D eigenvalue weighted by atomic mass is 19.1. The molecule has 0 unspecified atom stereocenters. The summed E-state index contributed by atoms with van der Waals surface area (Å²) >= 11 is 0. The van der Waals surface area contributed by atoms with Crippen molar-refractivity contribution in [1.82, 2.24) is 9.97 Å². The van der Waals surface area contributed by atoms with Crippen LogP contribution >= 0.6 is 0 Å². The first-order valence-corrected chi connectivity index (χ1v) is 9.73. The molecule has 1 amide bonds. The Morgan fingerprint density at radius 1 is 0.903 bits per heavy atom. The van der Waals surface area contributed by atoms with E-state index in [1.165, 1.54) is 24.3 Å². The molecule has 1 aliphatic heterocycles. The van der Waals surface area contributed by atoms with Crippen LogP contribution in [0, 0.1) is 5.82 Å². The summed E-state index contributed by atoms with van der Waals surface area (Å²) in [5.74, 6) is -1.74. The van der Waals surface area contributed by atoms with Crippen LogP contribution in [0.25, 0.3) is 0 Å². The van der Waals surface area contributed by atoms with E-state index < -0.39 is 17.7 Å². The molecular weight excluding hydrogens is 401 g/mol. The van der Waals surface area contributed by atoms with Gasteiger partial charge in [-0.2, -0.15) is 0 Å². The number of halogens is 1. The molecule has 8 nitrogen and oxygen atoms in total. The third-order valence-electron chi connectivity index (χ3n) is 5.06. The Kier molecular flexibility index (Phi) is 5.74. The number of anilines is 3. The first-order valence-electron chi connectivity index (χ1n) is 9.73. The van der Waals surface area contributed by atoms with Crippen molar-refractivity contribution >= 4 is 29.2 Å². The molecule has 31 heavy (non-hydrogen) atoms. The van der Waals surface area contributed by atoms with E-state index in [-0.39, 0.29) is 16.8 Å². The number of aromatic carboxylic acids is 1. The molecular formula is C22H20FN5O3. The van der Waals surface area contributed by atoms with Crippen LogP contribution < -0.4 is 15.1 Å². The molecule has 1 aromatic heterocycles. The Morgan fingerprint density at radius 2 is 1.58 bits per heavy atom. The highest BCUT2D eigenvalue weighted by Gasteiger charge is 2.23. The second-order valence-electron chi connectivity index (χ2n) is 6.99. The van der Waals surface area contributed by atoms with Crippen molar-refractivity contribution in [3.8, 4) is 0 Å². The average molecular weight is 421 g/mol. The summed E-state index contributed by atoms with van der Waals surface area (Å²) < 4.78 is 13.8. The van der Waals surface area contributed by atoms with Crippen molar-refractivity contribution < 1.29 is 19.1 Å². The van der Waals surface area contributed by atoms with E-state index in [0.717, 1.165) is 0 Å². The van der Waals surface area contributed by atoms with Gasteiger partial charge in [-0.25, -0.2) is 19.2 Å². The van der Waals surface area contributed by atoms with Crippen LogP contribution in [-0.2, 0) is 0 Å². The highest BCUT2D eigenvalue weighted by molar-refractivity contribution is 6.05. The number of carbonyl (C=O) groups excluding carboxylic acids is 1. The molecule has 0 atom stereocenters. The molecule has 2 heterocycles. The summed E-state index contributed by atoms with van der Waals surface area (Å²) in [6.45, 7) is 2.49. The number of nitrogens with zero attached hydrogens (tertiary/aromatic N) is 4. The molecule has 2 aromatic carbocycles. The van der Waals surface area contributed by atoms with Crippen molar-refractivity contribution in [3.63, 3.8) is 0 Å². The van der Waals surface area contributed by atoms with Gasteiger partial charge in [0.15, 0.2) is 0 Å². The molecule has 3 aromatic rings. The number of benzene rings is 2. The molecule has 0 aliphatic carbocycles. The van der Waals surface area contributed by atoms with Gasteiger partial charge in [-0.3, -0.25) is 4.79 Å². The summed E-state index contributed by atoms with van der Waals surface area (Å²) in [5, 5.41) is 12.3. The van der Waals surface area contributed by atoms with Crippen LogP contribution in [-0.4, -0.2) is 53.1 Å². The van der Waals surface area contributed by atoms with E-state index in [4.69, 9.17) is 0 Å². The second-order valence-corrected chi connectivity index (χ2v) is 6.99. The standard InChI is InChI=1S/C22H20FN5O3/c23-18-5-2-1-4-16(18)20(29)26-15-6-7-19(17(14-15)21(30)31)27-10-12-28(13-11-27)22-24-8-3-9-25-22/h1-9,14H,10-13H2,(H,26,29)(H,30,31). The predicted octanol–water partition coefficient (Wildman–Crippen LogP) is 2.89. The van der Waals surface area contributed by atoms with Crippen LogP contribution in [0.4, 0.5) is 21.7 Å². The van der Waals surface area contributed by atoms with E-state index >= 15 is 0 Å². The zero-order valence-corrected chi connectivity index (χ0v) is 16.5. The third-order valence-corrected chi connectivity index (χ3v) is 5.06. The van der Waals surface area contributed by atoms with E-state index in [1.807, 2.05) is 9.80 Å². The van der Waals surface area contributed by atoms with Crippen molar-refractivity contribution in [2.75, 3.05) is 41.3 Å². The van der Waals surface area contributed by atoms with E-state index in [1.54, 1.807) is 36.7 Å². The Labute approximate surface area is 178 Å². The average Bonchev–Trinajstić information content (AvgIpc) is 2.80. The molecule has 0 radical (unpaired) electrons. The predicted molar refractivity (Wildman–Crippen MR) is 114 cm³/mol. The van der Waals surface area contributed by atoms with Crippen molar-refractivity contribution in [3.05, 3.63) is 77.9 Å². The Balaban J connectivity index is 1.50. The quantitative estimate of drug-likeness (QED) is 0.654. The molecule has 9 heteroatoms. The topological polar surface area (TPSA) is 98.7 Å². The number of piperazine rings is 1. The van der Waals surface area contributed by atoms with Gasteiger partial charge in [0, 0.05) is 44.3 Å². The molecule has 0 spiro atoms. The number of amides is 1. The van der Waals surface area contributed by atoms with Gasteiger partial charge in [-0.1, -0.05) is 12.1 Å². The summed E-state index contributed by atoms with van der Waals surface area (Å²) in [6.07, 6.45) is 3.37. The molecule has 1 aliphatic rings. The fourth-order valence-electron chi connectivity index (χ4n) is 3.51. The van der Waals surface area contributed by atoms with E-state index in [9.17, 15) is 19.1 Å². The van der Waals surface area contributed by atoms with Gasteiger partial charge in [0.1, 0.15) is 5.82 Å². The lowest BCUT2D eigenvalue weighted by molar-refractivity contribution is 0.0697. The van der Waals surface area contributed by atoms with Crippen LogP contribution in [0.3, 0.4) is 0 Å². The zero-order valence-electron chi connectivity index (χ0n) is 16.5. The Hall–Kier alpha value is -4.01. The molecule has 0 saturated carbocycles. The first-order chi connectivity index (χ1) is 15.0. The van der Waals surface area contributed by atoms with Gasteiger partial charge >= 0.3 is 5.97 Å². The van der Waals surface area contributed by atoms with Crippen LogP contribution in [0.1, 0.15) is 20.7 Å². The smallest absolute Gasteiger partial charge is 0.337 e. The highest BCUT2D eigenvalue weighted by Crippen LogP contribution is 2.26. The number of hydrogen-bond acceptors (Lipinski definition) is 6. The van der Waals surface area contributed by atoms with Crippen LogP contribution in [0.2, 0.25) is 0 Å². The number of hydrogen-bond donors (Lipinski definition) is 2. The molecule has 1 saturated heterocycles. The fraction of sp³-hybridized carbons (Fsp3) is 0.182. The number of rotatable bonds is 5. The van der Waals surface area contributed by atoms with Crippen molar-refractivity contribution in [1.29, 1.82) is 0 Å². The maximum Gasteiger partial charge on any atom is 0.337 e. The van der Waals surface area contributed by atoms with Gasteiger partial charge in [0.2, 0.25) is 5.95 Å². The number of carbonyl (C=O) groups is 2. The number of carboxylic acids is 1. The second kappa shape index (κ2) is 8.78. The fourth-order valence-corrected chi connectivity index (χ4v) is 3.51. The summed E-state index contributed by atoms with van der Waals surface area (Å²) in [4.78, 5) is 36.8. The minimum Gasteiger partial charge on any atom is -0.478 e. The molecule has 4 rings (SSSR count). The van der Waals surface area contributed by atoms with Gasteiger partial charge in [0.05, 0.1) is 16.8 Å². The van der Waals surface area contributed by atoms with Gasteiger partial charge in [-0.05, 0) is 36.4 Å². The number of nitrogens with one attached hydrogen (secondary N) is 1. The van der Waals surface area contributed by atoms with E-state index in [0.29, 0.717) is 37.8 Å². The summed E-state index contributed by atoms with van der Waals surface area (Å²) in [7, 11) is 0. The van der Waals surface area contributed by atoms with Crippen LogP contribution in [0.15, 0.2) is 60.9 Å². The monoisotopic (exact) mass is 421 g/mol. The van der Waals surface area contributed by atoms with Gasteiger partial charge < -0.3 is 20.2 Å². The zero-order chi connectivity index (χ0) is 21.8. The van der Waals surface area contributed by atoms with Crippen molar-refractivity contribution in [2.45, 2.75) is 0 Å². The SMILES string of the molecule is O=C(Nc1ccc(N2CCN(c3ncccn3)CC2)c(C(=O)O)c1)c1ccccc1F. The van der Waals surface area contributed by atoms with Crippen molar-refractivity contribution in [2.24, 2.45) is 0 Å². The number of aromatic nitrogens is 2. The lowest BCUT2D eigenvalue weighted by atomic mass is 10.1. The van der Waals surface area contributed by atoms with Gasteiger partial charge in [-0.15, -0.1) is 0 Å². The minimum absolute atomic E-state index is 0.0655. The first kappa shape index (κ1) is 20.3. The van der Waals surface area contributed by atoms with Crippen LogP contribution in [0.5, 0.6) is 0 Å².